The smallest absolute Gasteiger partial charge is 0.356 e. The monoisotopic (exact) mass is 572 g/mol. The number of halogens is 3. The Labute approximate surface area is 231 Å². The molecule has 1 atom stereocenters. The van der Waals surface area contributed by atoms with Gasteiger partial charge in [0.25, 0.3) is 5.56 Å². The third kappa shape index (κ3) is 5.30. The van der Waals surface area contributed by atoms with Crippen molar-refractivity contribution in [2.45, 2.75) is 13.0 Å². The molecule has 2 N–H and O–H groups in total. The zero-order valence-corrected chi connectivity index (χ0v) is 22.4. The minimum Gasteiger partial charge on any atom is -0.476 e. The zero-order valence-electron chi connectivity index (χ0n) is 20.9. The van der Waals surface area contributed by atoms with E-state index in [1.807, 2.05) is 16.7 Å². The maximum atomic E-state index is 13.4. The van der Waals surface area contributed by atoms with Crippen LogP contribution in [0.1, 0.15) is 29.0 Å². The van der Waals surface area contributed by atoms with Crippen LogP contribution < -0.4 is 20.7 Å². The van der Waals surface area contributed by atoms with Gasteiger partial charge in [-0.05, 0) is 31.2 Å². The van der Waals surface area contributed by atoms with E-state index in [4.69, 9.17) is 28.2 Å². The van der Waals surface area contributed by atoms with E-state index in [-0.39, 0.29) is 22.1 Å². The van der Waals surface area contributed by atoms with E-state index in [1.165, 1.54) is 16.7 Å². The van der Waals surface area contributed by atoms with E-state index in [0.717, 1.165) is 12.4 Å². The van der Waals surface area contributed by atoms with Crippen molar-refractivity contribution >= 4 is 57.7 Å². The molecular weight excluding hydrogens is 550 g/mol. The second kappa shape index (κ2) is 10.6. The Balaban J connectivity index is 1.49. The SMILES string of the molecule is C[C@@H](Nc1ccc(Cl)nc1C(=O)O)c1cc(Cl)cc2c(=O)n(C)c(N3CCN(c4ncc(F)cn4)CC3)nc12. The summed E-state index contributed by atoms with van der Waals surface area (Å²) in [6.07, 6.45) is 2.26. The van der Waals surface area contributed by atoms with Crippen molar-refractivity contribution in [3.8, 4) is 0 Å². The molecule has 14 heteroatoms. The second-order valence-electron chi connectivity index (χ2n) is 9.04. The molecule has 4 heterocycles. The van der Waals surface area contributed by atoms with Gasteiger partial charge >= 0.3 is 5.97 Å². The maximum absolute atomic E-state index is 13.4. The number of nitrogens with one attached hydrogen (secondary N) is 1. The first-order valence-electron chi connectivity index (χ1n) is 12.0. The number of piperazine rings is 1. The summed E-state index contributed by atoms with van der Waals surface area (Å²) in [5.74, 6) is -0.825. The number of rotatable bonds is 6. The Kier molecular flexibility index (Phi) is 7.23. The number of pyridine rings is 1. The summed E-state index contributed by atoms with van der Waals surface area (Å²) in [6.45, 7) is 3.97. The number of fused-ring (bicyclic) bond motifs is 1. The zero-order chi connectivity index (χ0) is 27.8. The molecule has 0 spiro atoms. The fourth-order valence-corrected chi connectivity index (χ4v) is 4.94. The van der Waals surface area contributed by atoms with Gasteiger partial charge in [0.05, 0.1) is 35.0 Å². The summed E-state index contributed by atoms with van der Waals surface area (Å²) in [5.41, 5.74) is 0.820. The molecule has 1 fully saturated rings. The first-order valence-corrected chi connectivity index (χ1v) is 12.7. The van der Waals surface area contributed by atoms with Crippen LogP contribution in [0.2, 0.25) is 10.2 Å². The van der Waals surface area contributed by atoms with Gasteiger partial charge in [-0.2, -0.15) is 0 Å². The molecule has 1 saturated heterocycles. The standard InChI is InChI=1S/C25H23Cl2FN8O3/c1-13(31-18-3-4-19(27)32-21(18)23(38)39)16-9-14(26)10-17-20(16)33-25(34(2)22(17)37)36-7-5-35(6-8-36)24-29-11-15(28)12-30-24/h3-4,9-13,31H,5-8H2,1-2H3,(H,38,39)/t13-/m1/s1. The highest BCUT2D eigenvalue weighted by Gasteiger charge is 2.25. The number of aromatic carboxylic acids is 1. The van der Waals surface area contributed by atoms with Crippen molar-refractivity contribution in [2.24, 2.45) is 7.05 Å². The molecule has 0 bridgehead atoms. The van der Waals surface area contributed by atoms with Crippen molar-refractivity contribution in [3.05, 3.63) is 74.3 Å². The highest BCUT2D eigenvalue weighted by atomic mass is 35.5. The molecule has 1 aromatic carbocycles. The van der Waals surface area contributed by atoms with Gasteiger partial charge in [0, 0.05) is 43.8 Å². The van der Waals surface area contributed by atoms with Gasteiger partial charge in [0.15, 0.2) is 11.5 Å². The summed E-state index contributed by atoms with van der Waals surface area (Å²) in [6, 6.07) is 5.80. The van der Waals surface area contributed by atoms with Gasteiger partial charge in [0.2, 0.25) is 11.9 Å². The van der Waals surface area contributed by atoms with E-state index >= 15 is 0 Å². The van der Waals surface area contributed by atoms with E-state index in [9.17, 15) is 19.1 Å². The van der Waals surface area contributed by atoms with Gasteiger partial charge in [-0.3, -0.25) is 9.36 Å². The van der Waals surface area contributed by atoms with Crippen LogP contribution >= 0.6 is 23.2 Å². The number of carbonyl (C=O) groups is 1. The van der Waals surface area contributed by atoms with Crippen molar-refractivity contribution in [3.63, 3.8) is 0 Å². The Morgan fingerprint density at radius 2 is 1.74 bits per heavy atom. The van der Waals surface area contributed by atoms with Crippen LogP contribution in [0.5, 0.6) is 0 Å². The largest absolute Gasteiger partial charge is 0.476 e. The number of carboxylic acid groups (broad SMARTS) is 1. The molecule has 0 aliphatic carbocycles. The number of anilines is 3. The summed E-state index contributed by atoms with van der Waals surface area (Å²) in [4.78, 5) is 46.0. The average Bonchev–Trinajstić information content (AvgIpc) is 2.92. The molecule has 3 aromatic heterocycles. The molecule has 0 amide bonds. The fraction of sp³-hybridized carbons (Fsp3) is 0.280. The number of hydrogen-bond donors (Lipinski definition) is 2. The van der Waals surface area contributed by atoms with E-state index in [0.29, 0.717) is 59.6 Å². The van der Waals surface area contributed by atoms with Crippen LogP contribution in [0.4, 0.5) is 22.0 Å². The average molecular weight is 573 g/mol. The van der Waals surface area contributed by atoms with E-state index in [1.54, 1.807) is 19.2 Å². The molecule has 5 rings (SSSR count). The molecule has 4 aromatic rings. The predicted molar refractivity (Wildman–Crippen MR) is 147 cm³/mol. The third-order valence-corrected chi connectivity index (χ3v) is 6.93. The van der Waals surface area contributed by atoms with Gasteiger partial charge in [0.1, 0.15) is 5.15 Å². The molecule has 39 heavy (non-hydrogen) atoms. The van der Waals surface area contributed by atoms with Crippen molar-refractivity contribution in [2.75, 3.05) is 41.3 Å². The lowest BCUT2D eigenvalue weighted by atomic mass is 10.0. The Morgan fingerprint density at radius 1 is 1.08 bits per heavy atom. The predicted octanol–water partition coefficient (Wildman–Crippen LogP) is 3.76. The minimum atomic E-state index is -1.23. The summed E-state index contributed by atoms with van der Waals surface area (Å²) in [5, 5.41) is 13.5. The highest BCUT2D eigenvalue weighted by Crippen LogP contribution is 2.30. The van der Waals surface area contributed by atoms with Gasteiger partial charge < -0.3 is 20.2 Å². The van der Waals surface area contributed by atoms with Gasteiger partial charge in [-0.15, -0.1) is 0 Å². The summed E-state index contributed by atoms with van der Waals surface area (Å²) in [7, 11) is 1.65. The number of nitrogens with zero attached hydrogens (tertiary/aromatic N) is 7. The van der Waals surface area contributed by atoms with Crippen LogP contribution in [0, 0.1) is 5.82 Å². The molecule has 0 unspecified atom stereocenters. The van der Waals surface area contributed by atoms with Gasteiger partial charge in [-0.25, -0.2) is 29.1 Å². The highest BCUT2D eigenvalue weighted by molar-refractivity contribution is 6.31. The van der Waals surface area contributed by atoms with E-state index in [2.05, 4.69) is 20.3 Å². The van der Waals surface area contributed by atoms with Crippen molar-refractivity contribution in [1.82, 2.24) is 24.5 Å². The number of carboxylic acids is 1. The Bertz CT molecular complexity index is 1620. The first kappa shape index (κ1) is 26.6. The minimum absolute atomic E-state index is 0.0553. The number of hydrogen-bond acceptors (Lipinski definition) is 9. The lowest BCUT2D eigenvalue weighted by Crippen LogP contribution is -2.48. The molecule has 202 valence electrons. The van der Waals surface area contributed by atoms with Crippen LogP contribution in [-0.2, 0) is 7.05 Å². The van der Waals surface area contributed by atoms with Crippen LogP contribution in [-0.4, -0.2) is 61.8 Å². The first-order chi connectivity index (χ1) is 18.6. The van der Waals surface area contributed by atoms with Crippen LogP contribution in [0.3, 0.4) is 0 Å². The lowest BCUT2D eigenvalue weighted by Gasteiger charge is -2.35. The summed E-state index contributed by atoms with van der Waals surface area (Å²) < 4.78 is 14.7. The molecule has 0 radical (unpaired) electrons. The lowest BCUT2D eigenvalue weighted by molar-refractivity contribution is 0.0691. The Hall–Kier alpha value is -4.03. The quantitative estimate of drug-likeness (QED) is 0.329. The second-order valence-corrected chi connectivity index (χ2v) is 9.87. The topological polar surface area (TPSA) is 129 Å². The fourth-order valence-electron chi connectivity index (χ4n) is 4.57. The summed E-state index contributed by atoms with van der Waals surface area (Å²) >= 11 is 12.3. The van der Waals surface area contributed by atoms with Crippen LogP contribution in [0.25, 0.3) is 10.9 Å². The van der Waals surface area contributed by atoms with E-state index < -0.39 is 17.8 Å². The molecular formula is C25H23Cl2FN8O3. The number of benzene rings is 1. The molecule has 1 aliphatic heterocycles. The molecule has 11 nitrogen and oxygen atoms in total. The number of aromatic nitrogens is 5. The van der Waals surface area contributed by atoms with Crippen molar-refractivity contribution < 1.29 is 14.3 Å². The van der Waals surface area contributed by atoms with Crippen molar-refractivity contribution in [1.29, 1.82) is 0 Å². The molecule has 0 saturated carbocycles. The normalized spacial score (nSPS) is 14.5. The van der Waals surface area contributed by atoms with Crippen LogP contribution in [0.15, 0.2) is 41.5 Å². The Morgan fingerprint density at radius 3 is 2.41 bits per heavy atom. The third-order valence-electron chi connectivity index (χ3n) is 6.51. The van der Waals surface area contributed by atoms with Gasteiger partial charge in [-0.1, -0.05) is 23.2 Å². The maximum Gasteiger partial charge on any atom is 0.356 e. The molecule has 1 aliphatic rings.